The van der Waals surface area contributed by atoms with Crippen LogP contribution < -0.4 is 0 Å². The average Bonchev–Trinajstić information content (AvgIpc) is 2.70. The Bertz CT molecular complexity index is 622. The Morgan fingerprint density at radius 2 is 1.83 bits per heavy atom. The summed E-state index contributed by atoms with van der Waals surface area (Å²) in [6.07, 6.45) is 12.6. The summed E-state index contributed by atoms with van der Waals surface area (Å²) >= 11 is 0. The number of hydrogen-bond donors (Lipinski definition) is 1. The maximum Gasteiger partial charge on any atom is 0.155 e. The molecule has 0 saturated heterocycles. The highest BCUT2D eigenvalue weighted by Crippen LogP contribution is 2.63. The van der Waals surface area contributed by atoms with Crippen LogP contribution in [0.2, 0.25) is 0 Å². The fourth-order valence-corrected chi connectivity index (χ4v) is 7.49. The van der Waals surface area contributed by atoms with E-state index in [1.54, 1.807) is 0 Å². The van der Waals surface area contributed by atoms with Crippen molar-refractivity contribution in [3.05, 3.63) is 11.6 Å². The Balaban J connectivity index is 1.69. The topological polar surface area (TPSA) is 37.3 Å². The maximum absolute atomic E-state index is 12.0. The van der Waals surface area contributed by atoms with E-state index in [0.29, 0.717) is 23.7 Å². The summed E-state index contributed by atoms with van der Waals surface area (Å²) in [5.74, 6) is 4.62. The van der Waals surface area contributed by atoms with Gasteiger partial charge in [-0.3, -0.25) is 4.79 Å². The molecule has 8 atom stereocenters. The predicted octanol–water partition coefficient (Wildman–Crippen LogP) is 6.82. The number of hydrogen-bond acceptors (Lipinski definition) is 2. The molecule has 0 aromatic carbocycles. The molecule has 0 aromatic heterocycles. The van der Waals surface area contributed by atoms with Gasteiger partial charge in [0.1, 0.15) is 0 Å². The van der Waals surface area contributed by atoms with E-state index in [1.165, 1.54) is 37.7 Å². The molecule has 0 radical (unpaired) electrons. The first-order valence-electron chi connectivity index (χ1n) is 12.5. The summed E-state index contributed by atoms with van der Waals surface area (Å²) in [5.41, 5.74) is 2.18. The molecule has 2 heteroatoms. The third kappa shape index (κ3) is 4.25. The first-order chi connectivity index (χ1) is 13.6. The average molecular weight is 403 g/mol. The molecule has 166 valence electrons. The Morgan fingerprint density at radius 1 is 1.10 bits per heavy atom. The van der Waals surface area contributed by atoms with Crippen molar-refractivity contribution in [2.24, 2.45) is 46.3 Å². The van der Waals surface area contributed by atoms with E-state index in [2.05, 4.69) is 41.5 Å². The molecule has 0 aliphatic heterocycles. The maximum atomic E-state index is 12.0. The Hall–Kier alpha value is -0.630. The third-order valence-electron chi connectivity index (χ3n) is 10.3. The van der Waals surface area contributed by atoms with E-state index < -0.39 is 0 Å². The van der Waals surface area contributed by atoms with Gasteiger partial charge >= 0.3 is 0 Å². The molecule has 0 amide bonds. The summed E-state index contributed by atoms with van der Waals surface area (Å²) in [5, 5.41) is 9.29. The molecule has 3 aliphatic rings. The standard InChI is InChI=1S/C27H46O2/c1-18(17-28)8-7-9-19(2)20(3)26(5)15-13-25-24(21(26)4)11-10-22-16-23(29)12-14-27(22,25)6/h16,18-21,24-25,28H,7-15,17H2,1-6H3. The molecule has 1 N–H and O–H groups in total. The van der Waals surface area contributed by atoms with Gasteiger partial charge in [-0.25, -0.2) is 0 Å². The summed E-state index contributed by atoms with van der Waals surface area (Å²) in [6, 6.07) is 0. The third-order valence-corrected chi connectivity index (χ3v) is 10.3. The van der Waals surface area contributed by atoms with Gasteiger partial charge < -0.3 is 5.11 Å². The van der Waals surface area contributed by atoms with Gasteiger partial charge in [-0.1, -0.05) is 60.0 Å². The van der Waals surface area contributed by atoms with E-state index >= 15 is 0 Å². The van der Waals surface area contributed by atoms with Crippen molar-refractivity contribution in [2.75, 3.05) is 6.61 Å². The molecule has 2 nitrogen and oxygen atoms in total. The van der Waals surface area contributed by atoms with Crippen LogP contribution in [0.15, 0.2) is 11.6 Å². The smallest absolute Gasteiger partial charge is 0.155 e. The lowest BCUT2D eigenvalue weighted by molar-refractivity contribution is -0.118. The summed E-state index contributed by atoms with van der Waals surface area (Å²) in [4.78, 5) is 12.0. The first kappa shape index (κ1) is 23.0. The van der Waals surface area contributed by atoms with Crippen molar-refractivity contribution in [2.45, 2.75) is 99.3 Å². The van der Waals surface area contributed by atoms with Crippen molar-refractivity contribution in [1.82, 2.24) is 0 Å². The highest BCUT2D eigenvalue weighted by molar-refractivity contribution is 5.91. The van der Waals surface area contributed by atoms with E-state index in [0.717, 1.165) is 55.3 Å². The van der Waals surface area contributed by atoms with Crippen molar-refractivity contribution in [3.8, 4) is 0 Å². The fourth-order valence-electron chi connectivity index (χ4n) is 7.49. The molecule has 3 rings (SSSR count). The first-order valence-corrected chi connectivity index (χ1v) is 12.5. The van der Waals surface area contributed by atoms with Gasteiger partial charge in [-0.2, -0.15) is 0 Å². The molecule has 29 heavy (non-hydrogen) atoms. The number of allylic oxidation sites excluding steroid dienone is 2. The van der Waals surface area contributed by atoms with Crippen molar-refractivity contribution >= 4 is 5.78 Å². The van der Waals surface area contributed by atoms with Gasteiger partial charge in [0.2, 0.25) is 0 Å². The van der Waals surface area contributed by atoms with Gasteiger partial charge in [0.15, 0.2) is 5.78 Å². The molecule has 0 heterocycles. The van der Waals surface area contributed by atoms with E-state index in [4.69, 9.17) is 0 Å². The lowest BCUT2D eigenvalue weighted by Crippen LogP contribution is -2.52. The van der Waals surface area contributed by atoms with E-state index in [-0.39, 0.29) is 5.41 Å². The normalized spacial score (nSPS) is 40.4. The molecule has 0 bridgehead atoms. The lowest BCUT2D eigenvalue weighted by atomic mass is 9.45. The minimum absolute atomic E-state index is 0.279. The zero-order chi connectivity index (χ0) is 21.4. The molecule has 8 unspecified atom stereocenters. The van der Waals surface area contributed by atoms with Crippen LogP contribution in [-0.4, -0.2) is 17.5 Å². The molecular weight excluding hydrogens is 356 g/mol. The number of aliphatic hydroxyl groups excluding tert-OH is 1. The second-order valence-electron chi connectivity index (χ2n) is 11.7. The summed E-state index contributed by atoms with van der Waals surface area (Å²) in [7, 11) is 0. The second kappa shape index (κ2) is 8.85. The predicted molar refractivity (Wildman–Crippen MR) is 122 cm³/mol. The largest absolute Gasteiger partial charge is 0.396 e. The van der Waals surface area contributed by atoms with Crippen LogP contribution in [0.5, 0.6) is 0 Å². The van der Waals surface area contributed by atoms with Crippen LogP contribution >= 0.6 is 0 Å². The quantitative estimate of drug-likeness (QED) is 0.507. The molecule has 0 spiro atoms. The SMILES string of the molecule is CC(CO)CCCC(C)C(C)C1(C)CCC2C(CCC3=CC(=O)CCC32C)C1C. The van der Waals surface area contributed by atoms with Gasteiger partial charge in [0.05, 0.1) is 0 Å². The lowest BCUT2D eigenvalue weighted by Gasteiger charge is -2.60. The van der Waals surface area contributed by atoms with Gasteiger partial charge in [-0.15, -0.1) is 0 Å². The number of ketones is 1. The highest BCUT2D eigenvalue weighted by Gasteiger charge is 2.55. The van der Waals surface area contributed by atoms with Gasteiger partial charge in [-0.05, 0) is 90.9 Å². The zero-order valence-electron chi connectivity index (χ0n) is 20.0. The van der Waals surface area contributed by atoms with Gasteiger partial charge in [0.25, 0.3) is 0 Å². The molecule has 2 fully saturated rings. The number of carbonyl (C=O) groups excluding carboxylic acids is 1. The van der Waals surface area contributed by atoms with Crippen molar-refractivity contribution < 1.29 is 9.90 Å². The molecule has 3 aliphatic carbocycles. The second-order valence-corrected chi connectivity index (χ2v) is 11.7. The van der Waals surface area contributed by atoms with Crippen molar-refractivity contribution in [3.63, 3.8) is 0 Å². The van der Waals surface area contributed by atoms with Crippen LogP contribution in [0, 0.1) is 46.3 Å². The summed E-state index contributed by atoms with van der Waals surface area (Å²) in [6.45, 7) is 15.1. The van der Waals surface area contributed by atoms with E-state index in [9.17, 15) is 9.90 Å². The number of rotatable bonds is 7. The minimum Gasteiger partial charge on any atom is -0.396 e. The number of carbonyl (C=O) groups is 1. The van der Waals surface area contributed by atoms with Crippen LogP contribution in [-0.2, 0) is 4.79 Å². The van der Waals surface area contributed by atoms with Crippen LogP contribution in [0.25, 0.3) is 0 Å². The molecule has 0 aromatic rings. The van der Waals surface area contributed by atoms with Crippen LogP contribution in [0.3, 0.4) is 0 Å². The number of aliphatic hydroxyl groups is 1. The zero-order valence-corrected chi connectivity index (χ0v) is 20.0. The minimum atomic E-state index is 0.279. The molecule has 2 saturated carbocycles. The van der Waals surface area contributed by atoms with Crippen molar-refractivity contribution in [1.29, 1.82) is 0 Å². The van der Waals surface area contributed by atoms with E-state index in [1.807, 2.05) is 6.08 Å². The molecular formula is C27H46O2. The Labute approximate surface area is 179 Å². The van der Waals surface area contributed by atoms with Gasteiger partial charge in [0, 0.05) is 13.0 Å². The van der Waals surface area contributed by atoms with Crippen LogP contribution in [0.1, 0.15) is 99.3 Å². The Kier molecular flexibility index (Phi) is 7.03. The fraction of sp³-hybridized carbons (Fsp3) is 0.889. The Morgan fingerprint density at radius 3 is 2.52 bits per heavy atom. The highest BCUT2D eigenvalue weighted by atomic mass is 16.3. The monoisotopic (exact) mass is 402 g/mol. The number of fused-ring (bicyclic) bond motifs is 3. The summed E-state index contributed by atoms with van der Waals surface area (Å²) < 4.78 is 0. The van der Waals surface area contributed by atoms with Crippen LogP contribution in [0.4, 0.5) is 0 Å².